The fourth-order valence-electron chi connectivity index (χ4n) is 2.29. The summed E-state index contributed by atoms with van der Waals surface area (Å²) < 4.78 is 12.3. The van der Waals surface area contributed by atoms with E-state index in [1.807, 2.05) is 0 Å². The monoisotopic (exact) mass is 331 g/mol. The molecule has 3 nitrogen and oxygen atoms in total. The van der Waals surface area contributed by atoms with Crippen molar-refractivity contribution in [3.8, 4) is 0 Å². The van der Waals surface area contributed by atoms with Crippen molar-refractivity contribution in [3.63, 3.8) is 0 Å². The number of hydrogen-bond donors (Lipinski definition) is 0. The van der Waals surface area contributed by atoms with Gasteiger partial charge in [-0.05, 0) is 6.42 Å². The number of ether oxygens (including phenoxy) is 1. The maximum absolute atomic E-state index is 11.8. The van der Waals surface area contributed by atoms with Gasteiger partial charge in [-0.15, -0.1) is 0 Å². The standard InChI is InChI=1S/C18H34O3S/c1-4-5-6-7-8-9-10-11-12-13-14-22-17(19)15-16(2)18(20)21-3/h16H,4-15H2,1-3H3/i16D. The van der Waals surface area contributed by atoms with E-state index in [-0.39, 0.29) is 11.5 Å². The van der Waals surface area contributed by atoms with E-state index < -0.39 is 11.9 Å². The predicted molar refractivity (Wildman–Crippen MR) is 95.1 cm³/mol. The molecule has 0 rings (SSSR count). The maximum Gasteiger partial charge on any atom is 0.308 e. The first-order valence-corrected chi connectivity index (χ1v) is 9.66. The van der Waals surface area contributed by atoms with Crippen molar-refractivity contribution >= 4 is 22.8 Å². The molecule has 0 radical (unpaired) electrons. The molecule has 0 aromatic heterocycles. The molecule has 0 saturated heterocycles. The zero-order valence-corrected chi connectivity index (χ0v) is 15.4. The Kier molecular flexibility index (Phi) is 13.7. The van der Waals surface area contributed by atoms with Crippen molar-refractivity contribution in [2.75, 3.05) is 12.9 Å². The van der Waals surface area contributed by atoms with E-state index in [9.17, 15) is 9.59 Å². The minimum atomic E-state index is -1.46. The number of carbonyl (C=O) groups excluding carboxylic acids is 2. The van der Waals surface area contributed by atoms with E-state index in [1.54, 1.807) is 0 Å². The average molecular weight is 332 g/mol. The molecule has 0 aliphatic carbocycles. The van der Waals surface area contributed by atoms with Crippen molar-refractivity contribution in [3.05, 3.63) is 0 Å². The largest absolute Gasteiger partial charge is 0.469 e. The second-order valence-corrected chi connectivity index (χ2v) is 7.00. The third-order valence-corrected chi connectivity index (χ3v) is 4.66. The number of methoxy groups -OCH3 is 1. The molecular weight excluding hydrogens is 296 g/mol. The van der Waals surface area contributed by atoms with Gasteiger partial charge >= 0.3 is 5.97 Å². The minimum Gasteiger partial charge on any atom is -0.469 e. The molecule has 0 spiro atoms. The molecule has 22 heavy (non-hydrogen) atoms. The molecule has 0 aromatic carbocycles. The molecule has 0 aliphatic rings. The molecule has 0 amide bonds. The zero-order valence-electron chi connectivity index (χ0n) is 15.6. The molecular formula is C18H34O3S. The molecule has 0 fully saturated rings. The number of thioether (sulfide) groups is 1. The van der Waals surface area contributed by atoms with Crippen LogP contribution in [0.25, 0.3) is 0 Å². The predicted octanol–water partition coefficient (Wildman–Crippen LogP) is 5.37. The lowest BCUT2D eigenvalue weighted by atomic mass is 10.1. The van der Waals surface area contributed by atoms with Crippen LogP contribution < -0.4 is 0 Å². The molecule has 130 valence electrons. The van der Waals surface area contributed by atoms with Crippen molar-refractivity contribution in [1.29, 1.82) is 0 Å². The molecule has 1 atom stereocenters. The summed E-state index contributed by atoms with van der Waals surface area (Å²) >= 11 is 1.24. The van der Waals surface area contributed by atoms with Gasteiger partial charge in [-0.3, -0.25) is 9.59 Å². The highest BCUT2D eigenvalue weighted by atomic mass is 32.2. The van der Waals surface area contributed by atoms with Gasteiger partial charge in [0.1, 0.15) is 0 Å². The van der Waals surface area contributed by atoms with Crippen LogP contribution in [0.3, 0.4) is 0 Å². The van der Waals surface area contributed by atoms with E-state index in [0.717, 1.165) is 18.6 Å². The smallest absolute Gasteiger partial charge is 0.308 e. The summed E-state index contributed by atoms with van der Waals surface area (Å²) in [5.74, 6) is -1.33. The zero-order chi connectivity index (χ0) is 17.6. The first kappa shape index (κ1) is 19.5. The fraction of sp³-hybridized carbons (Fsp3) is 0.889. The number of rotatable bonds is 14. The number of esters is 1. The Hall–Kier alpha value is -0.510. The lowest BCUT2D eigenvalue weighted by Crippen LogP contribution is -2.15. The third kappa shape index (κ3) is 13.2. The fourth-order valence-corrected chi connectivity index (χ4v) is 3.18. The quantitative estimate of drug-likeness (QED) is 0.317. The van der Waals surface area contributed by atoms with Gasteiger partial charge in [0.05, 0.1) is 13.0 Å². The van der Waals surface area contributed by atoms with Crippen molar-refractivity contribution in [1.82, 2.24) is 0 Å². The molecule has 0 bridgehead atoms. The van der Waals surface area contributed by atoms with Gasteiger partial charge in [-0.25, -0.2) is 0 Å². The summed E-state index contributed by atoms with van der Waals surface area (Å²) in [5.41, 5.74) is 0. The van der Waals surface area contributed by atoms with Gasteiger partial charge in [0, 0.05) is 13.5 Å². The molecule has 0 heterocycles. The van der Waals surface area contributed by atoms with E-state index in [4.69, 9.17) is 1.37 Å². The van der Waals surface area contributed by atoms with E-state index in [2.05, 4.69) is 11.7 Å². The molecule has 0 aromatic rings. The topological polar surface area (TPSA) is 43.4 Å². The summed E-state index contributed by atoms with van der Waals surface area (Å²) in [6.07, 6.45) is 12.7. The third-order valence-electron chi connectivity index (χ3n) is 3.70. The molecule has 4 heteroatoms. The summed E-state index contributed by atoms with van der Waals surface area (Å²) in [4.78, 5) is 23.1. The number of hydrogen-bond acceptors (Lipinski definition) is 4. The Balaban J connectivity index is 3.48. The summed E-state index contributed by atoms with van der Waals surface area (Å²) in [6, 6.07) is 0. The summed E-state index contributed by atoms with van der Waals surface area (Å²) in [6.45, 7) is 3.67. The molecule has 1 unspecified atom stereocenters. The first-order chi connectivity index (χ1) is 10.9. The molecule has 0 saturated carbocycles. The Morgan fingerprint density at radius 2 is 1.50 bits per heavy atom. The van der Waals surface area contributed by atoms with Crippen LogP contribution in [0, 0.1) is 5.89 Å². The highest BCUT2D eigenvalue weighted by Gasteiger charge is 2.17. The van der Waals surface area contributed by atoms with Gasteiger partial charge < -0.3 is 4.74 Å². The Morgan fingerprint density at radius 3 is 2.00 bits per heavy atom. The van der Waals surface area contributed by atoms with Crippen LogP contribution in [0.1, 0.15) is 85.8 Å². The van der Waals surface area contributed by atoms with Crippen LogP contribution in [0.2, 0.25) is 0 Å². The van der Waals surface area contributed by atoms with Gasteiger partial charge in [-0.1, -0.05) is 83.4 Å². The Morgan fingerprint density at radius 1 is 1.00 bits per heavy atom. The average Bonchev–Trinajstić information content (AvgIpc) is 2.51. The number of unbranched alkanes of at least 4 members (excludes halogenated alkanes) is 9. The van der Waals surface area contributed by atoms with E-state index in [1.165, 1.54) is 77.2 Å². The second-order valence-electron chi connectivity index (χ2n) is 5.85. The lowest BCUT2D eigenvalue weighted by Gasteiger charge is -2.07. The van der Waals surface area contributed by atoms with E-state index in [0.29, 0.717) is 0 Å². The van der Waals surface area contributed by atoms with Crippen molar-refractivity contribution in [2.24, 2.45) is 5.89 Å². The van der Waals surface area contributed by atoms with Crippen LogP contribution in [0.15, 0.2) is 0 Å². The van der Waals surface area contributed by atoms with Crippen LogP contribution >= 0.6 is 11.8 Å². The SMILES string of the molecule is [2H]C(C)(CC(=O)SCCCCCCCCCCCC)C(=O)OC. The van der Waals surface area contributed by atoms with Gasteiger partial charge in [0.2, 0.25) is 0 Å². The van der Waals surface area contributed by atoms with E-state index >= 15 is 0 Å². The summed E-state index contributed by atoms with van der Waals surface area (Å²) in [7, 11) is 1.25. The van der Waals surface area contributed by atoms with Crippen LogP contribution in [-0.4, -0.2) is 23.9 Å². The van der Waals surface area contributed by atoms with Gasteiger partial charge in [0.15, 0.2) is 5.12 Å². The van der Waals surface area contributed by atoms with Crippen molar-refractivity contribution in [2.45, 2.75) is 84.5 Å². The highest BCUT2D eigenvalue weighted by molar-refractivity contribution is 8.13. The first-order valence-electron chi connectivity index (χ1n) is 9.18. The number of carbonyl (C=O) groups is 2. The van der Waals surface area contributed by atoms with Gasteiger partial charge in [0.25, 0.3) is 0 Å². The Bertz CT molecular complexity index is 332. The second kappa shape index (κ2) is 15.4. The molecule has 0 aliphatic heterocycles. The summed E-state index contributed by atoms with van der Waals surface area (Å²) in [5, 5.41) is -0.0937. The van der Waals surface area contributed by atoms with Crippen LogP contribution in [0.5, 0.6) is 0 Å². The lowest BCUT2D eigenvalue weighted by molar-refractivity contribution is -0.145. The van der Waals surface area contributed by atoms with Gasteiger partial charge in [-0.2, -0.15) is 0 Å². The Labute approximate surface area is 142 Å². The van der Waals surface area contributed by atoms with Crippen LogP contribution in [-0.2, 0) is 14.3 Å². The minimum absolute atomic E-state index is 0.0813. The molecule has 0 N–H and O–H groups in total. The normalized spacial score (nSPS) is 14.2. The maximum atomic E-state index is 11.8. The highest BCUT2D eigenvalue weighted by Crippen LogP contribution is 2.16. The van der Waals surface area contributed by atoms with Crippen molar-refractivity contribution < 1.29 is 15.7 Å². The van der Waals surface area contributed by atoms with Crippen LogP contribution in [0.4, 0.5) is 0 Å².